The molecule has 0 bridgehead atoms. The maximum Gasteiger partial charge on any atom is 0.0442 e. The van der Waals surface area contributed by atoms with Crippen molar-refractivity contribution in [3.63, 3.8) is 0 Å². The van der Waals surface area contributed by atoms with E-state index in [1.165, 1.54) is 5.57 Å². The maximum absolute atomic E-state index is 10.7. The molecule has 0 aromatic rings. The molecule has 1 heterocycles. The van der Waals surface area contributed by atoms with Crippen molar-refractivity contribution in [3.05, 3.63) is 11.6 Å². The van der Waals surface area contributed by atoms with Crippen LogP contribution in [-0.2, 0) is 10.8 Å². The Balaban J connectivity index is 2.57. The third kappa shape index (κ3) is 1.44. The van der Waals surface area contributed by atoms with Gasteiger partial charge in [-0.1, -0.05) is 11.6 Å². The van der Waals surface area contributed by atoms with Gasteiger partial charge in [0.2, 0.25) is 0 Å². The van der Waals surface area contributed by atoms with Crippen LogP contribution in [0.3, 0.4) is 0 Å². The highest BCUT2D eigenvalue weighted by Gasteiger charge is 2.04. The minimum atomic E-state index is -0.539. The van der Waals surface area contributed by atoms with E-state index in [9.17, 15) is 4.21 Å². The van der Waals surface area contributed by atoms with E-state index in [1.54, 1.807) is 0 Å². The third-order valence-electron chi connectivity index (χ3n) is 1.23. The third-order valence-corrected chi connectivity index (χ3v) is 2.70. The van der Waals surface area contributed by atoms with Gasteiger partial charge in [0.1, 0.15) is 0 Å². The Morgan fingerprint density at radius 1 is 1.75 bits per heavy atom. The Bertz CT molecular complexity index is 137. The van der Waals surface area contributed by atoms with E-state index in [-0.39, 0.29) is 0 Å². The van der Waals surface area contributed by atoms with E-state index in [0.29, 0.717) is 0 Å². The minimum Gasteiger partial charge on any atom is -0.259 e. The molecule has 1 rings (SSSR count). The molecule has 0 saturated heterocycles. The van der Waals surface area contributed by atoms with Crippen LogP contribution in [0, 0.1) is 0 Å². The van der Waals surface area contributed by atoms with Crippen LogP contribution in [-0.4, -0.2) is 15.7 Å². The van der Waals surface area contributed by atoms with Crippen molar-refractivity contribution in [2.45, 2.75) is 13.3 Å². The molecule has 0 aliphatic carbocycles. The predicted molar refractivity (Wildman–Crippen MR) is 36.3 cm³/mol. The lowest BCUT2D eigenvalue weighted by Gasteiger charge is -2.06. The fourth-order valence-electron chi connectivity index (χ4n) is 0.822. The monoisotopic (exact) mass is 130 g/mol. The van der Waals surface area contributed by atoms with Crippen LogP contribution in [0.15, 0.2) is 11.6 Å². The van der Waals surface area contributed by atoms with Crippen LogP contribution < -0.4 is 0 Å². The van der Waals surface area contributed by atoms with Gasteiger partial charge in [0.15, 0.2) is 0 Å². The van der Waals surface area contributed by atoms with Crippen LogP contribution in [0.4, 0.5) is 0 Å². The molecule has 46 valence electrons. The predicted octanol–water partition coefficient (Wildman–Crippen LogP) is 1.09. The van der Waals surface area contributed by atoms with Crippen LogP contribution in [0.2, 0.25) is 0 Å². The Hall–Kier alpha value is -0.110. The van der Waals surface area contributed by atoms with E-state index in [0.717, 1.165) is 17.9 Å². The fourth-order valence-corrected chi connectivity index (χ4v) is 1.97. The van der Waals surface area contributed by atoms with Crippen molar-refractivity contribution in [3.8, 4) is 0 Å². The maximum atomic E-state index is 10.7. The van der Waals surface area contributed by atoms with Crippen molar-refractivity contribution in [1.29, 1.82) is 0 Å². The second kappa shape index (κ2) is 2.44. The molecular formula is C6H10OS. The van der Waals surface area contributed by atoms with Gasteiger partial charge in [0, 0.05) is 22.3 Å². The Morgan fingerprint density at radius 3 is 2.88 bits per heavy atom. The molecule has 0 radical (unpaired) electrons. The van der Waals surface area contributed by atoms with Gasteiger partial charge in [-0.15, -0.1) is 0 Å². The molecule has 1 unspecified atom stereocenters. The molecule has 1 atom stereocenters. The molecule has 8 heavy (non-hydrogen) atoms. The normalized spacial score (nSPS) is 29.6. The van der Waals surface area contributed by atoms with Gasteiger partial charge in [-0.25, -0.2) is 0 Å². The summed E-state index contributed by atoms with van der Waals surface area (Å²) in [6.45, 7) is 2.04. The molecule has 1 nitrogen and oxygen atoms in total. The van der Waals surface area contributed by atoms with Crippen molar-refractivity contribution in [2.24, 2.45) is 0 Å². The van der Waals surface area contributed by atoms with E-state index in [4.69, 9.17) is 0 Å². The fraction of sp³-hybridized carbons (Fsp3) is 0.667. The number of rotatable bonds is 0. The summed E-state index contributed by atoms with van der Waals surface area (Å²) in [4.78, 5) is 0. The number of allylic oxidation sites excluding steroid dienone is 1. The number of hydrogen-bond donors (Lipinski definition) is 0. The number of hydrogen-bond acceptors (Lipinski definition) is 1. The second-order valence-corrected chi connectivity index (χ2v) is 3.70. The van der Waals surface area contributed by atoms with Gasteiger partial charge >= 0.3 is 0 Å². The van der Waals surface area contributed by atoms with E-state index in [1.807, 2.05) is 6.92 Å². The van der Waals surface area contributed by atoms with Crippen molar-refractivity contribution >= 4 is 10.8 Å². The molecule has 0 aromatic heterocycles. The molecule has 2 heteroatoms. The highest BCUT2D eigenvalue weighted by molar-refractivity contribution is 7.85. The first-order valence-corrected chi connectivity index (χ1v) is 4.28. The first-order chi connectivity index (χ1) is 3.79. The molecule has 1 aliphatic heterocycles. The highest BCUT2D eigenvalue weighted by atomic mass is 32.2. The average Bonchev–Trinajstić information content (AvgIpc) is 1.64. The summed E-state index contributed by atoms with van der Waals surface area (Å²) in [6, 6.07) is 0. The summed E-state index contributed by atoms with van der Waals surface area (Å²) >= 11 is 0. The minimum absolute atomic E-state index is 0.539. The summed E-state index contributed by atoms with van der Waals surface area (Å²) in [7, 11) is -0.539. The SMILES string of the molecule is CC1=CCCS(=O)C1. The topological polar surface area (TPSA) is 17.1 Å². The Kier molecular flexibility index (Phi) is 1.84. The molecule has 0 spiro atoms. The second-order valence-electron chi connectivity index (χ2n) is 2.13. The van der Waals surface area contributed by atoms with Crippen molar-refractivity contribution in [1.82, 2.24) is 0 Å². The summed E-state index contributed by atoms with van der Waals surface area (Å²) < 4.78 is 10.7. The van der Waals surface area contributed by atoms with Crippen LogP contribution in [0.25, 0.3) is 0 Å². The standard InChI is InChI=1S/C6H10OS/c1-6-3-2-4-8(7)5-6/h3H,2,4-5H2,1H3. The first-order valence-electron chi connectivity index (χ1n) is 2.79. The van der Waals surface area contributed by atoms with Crippen LogP contribution in [0.5, 0.6) is 0 Å². The van der Waals surface area contributed by atoms with Crippen LogP contribution in [0.1, 0.15) is 13.3 Å². The highest BCUT2D eigenvalue weighted by Crippen LogP contribution is 2.06. The van der Waals surface area contributed by atoms with E-state index in [2.05, 4.69) is 6.08 Å². The zero-order valence-electron chi connectivity index (χ0n) is 5.02. The van der Waals surface area contributed by atoms with Gasteiger partial charge in [0.25, 0.3) is 0 Å². The van der Waals surface area contributed by atoms with Crippen molar-refractivity contribution in [2.75, 3.05) is 11.5 Å². The lowest BCUT2D eigenvalue weighted by molar-refractivity contribution is 0.682. The lowest BCUT2D eigenvalue weighted by atomic mass is 10.3. The molecule has 0 fully saturated rings. The molecular weight excluding hydrogens is 120 g/mol. The van der Waals surface area contributed by atoms with E-state index < -0.39 is 10.8 Å². The van der Waals surface area contributed by atoms with Crippen LogP contribution >= 0.6 is 0 Å². The molecule has 1 aliphatic rings. The van der Waals surface area contributed by atoms with Gasteiger partial charge < -0.3 is 0 Å². The van der Waals surface area contributed by atoms with Gasteiger partial charge in [-0.3, -0.25) is 4.21 Å². The average molecular weight is 130 g/mol. The molecule has 0 N–H and O–H groups in total. The molecule has 0 aromatic carbocycles. The molecule has 0 saturated carbocycles. The summed E-state index contributed by atoms with van der Waals surface area (Å²) in [5.74, 6) is 1.68. The van der Waals surface area contributed by atoms with Gasteiger partial charge in [-0.2, -0.15) is 0 Å². The zero-order chi connectivity index (χ0) is 5.98. The quantitative estimate of drug-likeness (QED) is 0.448. The van der Waals surface area contributed by atoms with Gasteiger partial charge in [0.05, 0.1) is 0 Å². The smallest absolute Gasteiger partial charge is 0.0442 e. The zero-order valence-corrected chi connectivity index (χ0v) is 5.83. The summed E-state index contributed by atoms with van der Waals surface area (Å²) in [5.41, 5.74) is 1.29. The van der Waals surface area contributed by atoms with E-state index >= 15 is 0 Å². The lowest BCUT2D eigenvalue weighted by Crippen LogP contribution is -2.07. The first kappa shape index (κ1) is 6.02. The summed E-state index contributed by atoms with van der Waals surface area (Å²) in [6.07, 6.45) is 3.18. The summed E-state index contributed by atoms with van der Waals surface area (Å²) in [5, 5.41) is 0. The largest absolute Gasteiger partial charge is 0.259 e. The van der Waals surface area contributed by atoms with Gasteiger partial charge in [-0.05, 0) is 13.3 Å². The van der Waals surface area contributed by atoms with Crippen molar-refractivity contribution < 1.29 is 4.21 Å². The Morgan fingerprint density at radius 2 is 2.50 bits per heavy atom. The molecule has 0 amide bonds. The Labute approximate surface area is 52.2 Å².